The van der Waals surface area contributed by atoms with Gasteiger partial charge in [-0.3, -0.25) is 9.36 Å². The summed E-state index contributed by atoms with van der Waals surface area (Å²) < 4.78 is 13.2. The average molecular weight is 481 g/mol. The third-order valence-electron chi connectivity index (χ3n) is 6.27. The summed E-state index contributed by atoms with van der Waals surface area (Å²) in [6.07, 6.45) is 6.42. The minimum Gasteiger partial charge on any atom is -0.376 e. The van der Waals surface area contributed by atoms with Gasteiger partial charge < -0.3 is 9.26 Å². The Bertz CT molecular complexity index is 1340. The molecule has 9 heteroatoms. The molecule has 0 radical (unpaired) electrons. The lowest BCUT2D eigenvalue weighted by Gasteiger charge is -2.16. The molecule has 4 aromatic rings. The number of aromatic nitrogens is 4. The molecule has 0 spiro atoms. The predicted octanol–water partition coefficient (Wildman–Crippen LogP) is 4.86. The van der Waals surface area contributed by atoms with Crippen LogP contribution >= 0.6 is 23.1 Å². The van der Waals surface area contributed by atoms with E-state index in [1.807, 2.05) is 34.9 Å². The van der Waals surface area contributed by atoms with Crippen LogP contribution in [0.3, 0.4) is 0 Å². The molecule has 0 saturated carbocycles. The molecule has 1 aliphatic carbocycles. The van der Waals surface area contributed by atoms with Gasteiger partial charge in [-0.05, 0) is 44.1 Å². The molecule has 6 rings (SSSR count). The van der Waals surface area contributed by atoms with E-state index in [-0.39, 0.29) is 11.7 Å². The van der Waals surface area contributed by atoms with Gasteiger partial charge in [0.25, 0.3) is 5.56 Å². The summed E-state index contributed by atoms with van der Waals surface area (Å²) in [5.74, 6) is 1.54. The first-order valence-electron chi connectivity index (χ1n) is 11.4. The maximum absolute atomic E-state index is 13.7. The fraction of sp³-hybridized carbons (Fsp3) is 0.417. The smallest absolute Gasteiger partial charge is 0.263 e. The number of hydrogen-bond acceptors (Lipinski definition) is 8. The summed E-state index contributed by atoms with van der Waals surface area (Å²) in [6.45, 7) is 1.30. The van der Waals surface area contributed by atoms with Crippen LogP contribution in [-0.2, 0) is 29.9 Å². The number of ether oxygens (including phenoxy) is 1. The molecule has 2 aliphatic rings. The number of aryl methyl sites for hydroxylation is 2. The topological polar surface area (TPSA) is 83.0 Å². The maximum Gasteiger partial charge on any atom is 0.263 e. The van der Waals surface area contributed by atoms with Crippen LogP contribution in [0.2, 0.25) is 0 Å². The first-order chi connectivity index (χ1) is 16.3. The molecule has 1 fully saturated rings. The highest BCUT2D eigenvalue weighted by atomic mass is 32.2. The summed E-state index contributed by atoms with van der Waals surface area (Å²) in [6, 6.07) is 9.76. The molecular formula is C24H24N4O3S2. The predicted molar refractivity (Wildman–Crippen MR) is 129 cm³/mol. The fourth-order valence-corrected chi connectivity index (χ4v) is 6.78. The SMILES string of the molecule is O=c1c2c3c(sc2nc(SCc2nc(-c4ccccc4)no2)n1CC1CCCO1)CCCC3. The molecule has 3 aromatic heterocycles. The molecule has 7 nitrogen and oxygen atoms in total. The first-order valence-corrected chi connectivity index (χ1v) is 13.2. The number of rotatable bonds is 6. The molecule has 0 amide bonds. The molecule has 0 bridgehead atoms. The highest BCUT2D eigenvalue weighted by Gasteiger charge is 2.25. The van der Waals surface area contributed by atoms with Crippen LogP contribution in [0.15, 0.2) is 44.8 Å². The Kier molecular flexibility index (Phi) is 5.77. The van der Waals surface area contributed by atoms with Crippen molar-refractivity contribution in [2.75, 3.05) is 6.61 Å². The Morgan fingerprint density at radius 3 is 2.85 bits per heavy atom. The van der Waals surface area contributed by atoms with Crippen molar-refractivity contribution in [1.82, 2.24) is 19.7 Å². The Hall–Kier alpha value is -2.49. The summed E-state index contributed by atoms with van der Waals surface area (Å²) in [5, 5.41) is 5.63. The summed E-state index contributed by atoms with van der Waals surface area (Å²) >= 11 is 3.16. The summed E-state index contributed by atoms with van der Waals surface area (Å²) in [5.41, 5.74) is 2.20. The van der Waals surface area contributed by atoms with E-state index >= 15 is 0 Å². The Morgan fingerprint density at radius 1 is 1.12 bits per heavy atom. The Labute approximate surface area is 199 Å². The third-order valence-corrected chi connectivity index (χ3v) is 8.42. The monoisotopic (exact) mass is 480 g/mol. The molecule has 170 valence electrons. The van der Waals surface area contributed by atoms with E-state index in [4.69, 9.17) is 14.2 Å². The summed E-state index contributed by atoms with van der Waals surface area (Å²) in [4.78, 5) is 25.4. The molecule has 1 aromatic carbocycles. The van der Waals surface area contributed by atoms with Crippen LogP contribution in [0.5, 0.6) is 0 Å². The van der Waals surface area contributed by atoms with Gasteiger partial charge in [-0.1, -0.05) is 47.3 Å². The van der Waals surface area contributed by atoms with E-state index in [0.29, 0.717) is 29.2 Å². The number of hydrogen-bond donors (Lipinski definition) is 0. The number of thioether (sulfide) groups is 1. The van der Waals surface area contributed by atoms with Gasteiger partial charge in [0.05, 0.1) is 23.8 Å². The van der Waals surface area contributed by atoms with Gasteiger partial charge in [-0.2, -0.15) is 4.98 Å². The van der Waals surface area contributed by atoms with E-state index in [0.717, 1.165) is 54.5 Å². The van der Waals surface area contributed by atoms with Crippen LogP contribution < -0.4 is 5.56 Å². The second-order valence-corrected chi connectivity index (χ2v) is 10.5. The van der Waals surface area contributed by atoms with Crippen molar-refractivity contribution in [2.24, 2.45) is 0 Å². The van der Waals surface area contributed by atoms with Gasteiger partial charge in [0.2, 0.25) is 11.7 Å². The number of thiophene rings is 1. The van der Waals surface area contributed by atoms with Crippen molar-refractivity contribution >= 4 is 33.3 Å². The van der Waals surface area contributed by atoms with Crippen molar-refractivity contribution in [3.8, 4) is 11.4 Å². The van der Waals surface area contributed by atoms with E-state index in [1.54, 1.807) is 11.3 Å². The summed E-state index contributed by atoms with van der Waals surface area (Å²) in [7, 11) is 0. The highest BCUT2D eigenvalue weighted by Crippen LogP contribution is 2.35. The van der Waals surface area contributed by atoms with Crippen LogP contribution in [0.25, 0.3) is 21.6 Å². The zero-order valence-corrected chi connectivity index (χ0v) is 19.8. The van der Waals surface area contributed by atoms with Crippen LogP contribution in [0.4, 0.5) is 0 Å². The maximum atomic E-state index is 13.7. The third kappa shape index (κ3) is 4.13. The average Bonchev–Trinajstić information content (AvgIpc) is 3.60. The zero-order valence-electron chi connectivity index (χ0n) is 18.2. The van der Waals surface area contributed by atoms with Gasteiger partial charge in [-0.25, -0.2) is 4.98 Å². The Balaban J connectivity index is 1.33. The molecule has 1 unspecified atom stereocenters. The van der Waals surface area contributed by atoms with Crippen LogP contribution in [-0.4, -0.2) is 32.4 Å². The van der Waals surface area contributed by atoms with Gasteiger partial charge in [0.15, 0.2) is 5.16 Å². The molecule has 4 heterocycles. The molecular weight excluding hydrogens is 456 g/mol. The van der Waals surface area contributed by atoms with Crippen molar-refractivity contribution in [1.29, 1.82) is 0 Å². The minimum atomic E-state index is 0.0591. The largest absolute Gasteiger partial charge is 0.376 e. The van der Waals surface area contributed by atoms with Crippen molar-refractivity contribution in [2.45, 2.75) is 62.1 Å². The fourth-order valence-electron chi connectivity index (χ4n) is 4.63. The van der Waals surface area contributed by atoms with Crippen LogP contribution in [0, 0.1) is 0 Å². The van der Waals surface area contributed by atoms with Crippen molar-refractivity contribution in [3.05, 3.63) is 57.0 Å². The van der Waals surface area contributed by atoms with Crippen molar-refractivity contribution in [3.63, 3.8) is 0 Å². The first kappa shape index (κ1) is 21.1. The number of nitrogens with zero attached hydrogens (tertiary/aromatic N) is 4. The van der Waals surface area contributed by atoms with E-state index in [9.17, 15) is 4.79 Å². The lowest BCUT2D eigenvalue weighted by atomic mass is 9.97. The molecule has 1 atom stereocenters. The van der Waals surface area contributed by atoms with Crippen LogP contribution in [0.1, 0.15) is 42.0 Å². The molecule has 0 N–H and O–H groups in total. The number of benzene rings is 1. The lowest BCUT2D eigenvalue weighted by Crippen LogP contribution is -2.29. The Morgan fingerprint density at radius 2 is 2.00 bits per heavy atom. The van der Waals surface area contributed by atoms with Gasteiger partial charge >= 0.3 is 0 Å². The lowest BCUT2D eigenvalue weighted by molar-refractivity contribution is 0.0937. The van der Waals surface area contributed by atoms with E-state index in [2.05, 4.69) is 10.1 Å². The van der Waals surface area contributed by atoms with E-state index < -0.39 is 0 Å². The van der Waals surface area contributed by atoms with Gasteiger partial charge in [0, 0.05) is 17.0 Å². The normalized spacial score (nSPS) is 18.1. The second kappa shape index (κ2) is 9.04. The highest BCUT2D eigenvalue weighted by molar-refractivity contribution is 7.98. The minimum absolute atomic E-state index is 0.0591. The second-order valence-electron chi connectivity index (χ2n) is 8.50. The standard InChI is InChI=1S/C24H24N4O3S2/c29-23-20-17-10-4-5-11-18(17)33-22(20)26-24(28(23)13-16-9-6-12-30-16)32-14-19-25-21(27-31-19)15-7-2-1-3-8-15/h1-3,7-8,16H,4-6,9-14H2. The molecule has 33 heavy (non-hydrogen) atoms. The van der Waals surface area contributed by atoms with Gasteiger partial charge in [0.1, 0.15) is 4.83 Å². The van der Waals surface area contributed by atoms with Crippen molar-refractivity contribution < 1.29 is 9.26 Å². The molecule has 1 saturated heterocycles. The zero-order chi connectivity index (χ0) is 22.2. The molecule has 1 aliphatic heterocycles. The van der Waals surface area contributed by atoms with E-state index in [1.165, 1.54) is 28.6 Å². The quantitative estimate of drug-likeness (QED) is 0.288. The van der Waals surface area contributed by atoms with Gasteiger partial charge in [-0.15, -0.1) is 11.3 Å². The number of fused-ring (bicyclic) bond motifs is 3.